The van der Waals surface area contributed by atoms with Crippen LogP contribution in [0.2, 0.25) is 0 Å². The van der Waals surface area contributed by atoms with Gasteiger partial charge in [-0.3, -0.25) is 9.59 Å². The summed E-state index contributed by atoms with van der Waals surface area (Å²) in [6, 6.07) is 8.22. The van der Waals surface area contributed by atoms with Crippen molar-refractivity contribution in [3.05, 3.63) is 70.9 Å². The largest absolute Gasteiger partial charge is 0.505 e. The quantitative estimate of drug-likeness (QED) is 0.498. The first kappa shape index (κ1) is 19.7. The molecule has 29 heavy (non-hydrogen) atoms. The van der Waals surface area contributed by atoms with Gasteiger partial charge in [0, 0.05) is 25.6 Å². The van der Waals surface area contributed by atoms with E-state index >= 15 is 0 Å². The maximum Gasteiger partial charge on any atom is 0.319 e. The molecular weight excluding hydrogens is 378 g/mol. The number of carbonyl (C=O) groups excluding carboxylic acids is 1. The lowest BCUT2D eigenvalue weighted by molar-refractivity contribution is -0.137. The summed E-state index contributed by atoms with van der Waals surface area (Å²) in [5.74, 6) is -1.50. The van der Waals surface area contributed by atoms with Gasteiger partial charge in [-0.25, -0.2) is 9.48 Å². The molecule has 3 rings (SSSR count). The fraction of sp³-hybridized carbons (Fsp3) is 0.158. The minimum Gasteiger partial charge on any atom is -0.505 e. The zero-order valence-electron chi connectivity index (χ0n) is 15.4. The highest BCUT2D eigenvalue weighted by molar-refractivity contribution is 5.91. The van der Waals surface area contributed by atoms with Gasteiger partial charge in [-0.15, -0.1) is 0 Å². The first-order chi connectivity index (χ1) is 13.8. The maximum absolute atomic E-state index is 12.4. The van der Waals surface area contributed by atoms with Crippen LogP contribution in [0.5, 0.6) is 5.75 Å². The first-order valence-electron chi connectivity index (χ1n) is 8.63. The highest BCUT2D eigenvalue weighted by atomic mass is 16.4. The van der Waals surface area contributed by atoms with Crippen LogP contribution in [0, 0.1) is 0 Å². The van der Waals surface area contributed by atoms with Gasteiger partial charge in [-0.2, -0.15) is 5.10 Å². The van der Waals surface area contributed by atoms with Crippen molar-refractivity contribution in [1.82, 2.24) is 19.7 Å². The number of urea groups is 1. The summed E-state index contributed by atoms with van der Waals surface area (Å²) in [6.45, 7) is 0. The summed E-state index contributed by atoms with van der Waals surface area (Å²) < 4.78 is 2.80. The molecule has 4 N–H and O–H groups in total. The SMILES string of the molecule is Cn1ccc(O)c(NC(=O)N[C@@H](CC(=O)O)c2cccc(-n3cccn3)c2)c1=O. The molecule has 3 aromatic rings. The van der Waals surface area contributed by atoms with Gasteiger partial charge in [0.15, 0.2) is 5.69 Å². The number of nitrogens with one attached hydrogen (secondary N) is 2. The van der Waals surface area contributed by atoms with Crippen LogP contribution in [-0.2, 0) is 11.8 Å². The molecule has 1 aromatic carbocycles. The van der Waals surface area contributed by atoms with E-state index in [1.54, 1.807) is 47.4 Å². The average molecular weight is 397 g/mol. The number of carbonyl (C=O) groups is 2. The number of aliphatic carboxylic acids is 1. The Morgan fingerprint density at radius 3 is 2.69 bits per heavy atom. The molecule has 0 aliphatic rings. The standard InChI is InChI=1S/C19H19N5O5/c1-23-9-6-15(25)17(18(23)28)22-19(29)21-14(11-16(26)27)12-4-2-5-13(10-12)24-8-3-7-20-24/h2-10,14,25H,11H2,1H3,(H,26,27)(H2,21,22,29)/t14-/m0/s1. The highest BCUT2D eigenvalue weighted by Gasteiger charge is 2.20. The zero-order valence-corrected chi connectivity index (χ0v) is 15.4. The van der Waals surface area contributed by atoms with E-state index < -0.39 is 29.4 Å². The Balaban J connectivity index is 1.84. The fourth-order valence-electron chi connectivity index (χ4n) is 2.78. The number of aryl methyl sites for hydroxylation is 1. The van der Waals surface area contributed by atoms with Gasteiger partial charge >= 0.3 is 12.0 Å². The molecule has 10 nitrogen and oxygen atoms in total. The predicted molar refractivity (Wildman–Crippen MR) is 104 cm³/mol. The summed E-state index contributed by atoms with van der Waals surface area (Å²) in [5.41, 5.74) is 0.336. The average Bonchev–Trinajstić information content (AvgIpc) is 3.22. The van der Waals surface area contributed by atoms with E-state index in [2.05, 4.69) is 15.7 Å². The van der Waals surface area contributed by atoms with Gasteiger partial charge in [0.2, 0.25) is 0 Å². The molecule has 0 aliphatic carbocycles. The van der Waals surface area contributed by atoms with Crippen molar-refractivity contribution in [1.29, 1.82) is 0 Å². The van der Waals surface area contributed by atoms with Crippen LogP contribution in [0.25, 0.3) is 5.69 Å². The van der Waals surface area contributed by atoms with Crippen LogP contribution in [0.4, 0.5) is 10.5 Å². The minimum atomic E-state index is -1.11. The summed E-state index contributed by atoms with van der Waals surface area (Å²) in [7, 11) is 1.47. The van der Waals surface area contributed by atoms with Gasteiger partial charge in [-0.1, -0.05) is 12.1 Å². The Bertz CT molecular complexity index is 1090. The third-order valence-corrected chi connectivity index (χ3v) is 4.21. The molecular formula is C19H19N5O5. The van der Waals surface area contributed by atoms with Crippen molar-refractivity contribution in [2.75, 3.05) is 5.32 Å². The Morgan fingerprint density at radius 2 is 2.00 bits per heavy atom. The number of aromatic nitrogens is 3. The predicted octanol–water partition coefficient (Wildman–Crippen LogP) is 1.61. The summed E-state index contributed by atoms with van der Waals surface area (Å²) in [5, 5.41) is 28.0. The van der Waals surface area contributed by atoms with Crippen molar-refractivity contribution in [2.45, 2.75) is 12.5 Å². The van der Waals surface area contributed by atoms with Crippen LogP contribution in [0.15, 0.2) is 59.8 Å². The molecule has 0 aliphatic heterocycles. The topological polar surface area (TPSA) is 138 Å². The molecule has 0 bridgehead atoms. The van der Waals surface area contributed by atoms with Crippen molar-refractivity contribution < 1.29 is 19.8 Å². The van der Waals surface area contributed by atoms with Gasteiger partial charge in [-0.05, 0) is 29.8 Å². The molecule has 1 atom stereocenters. The van der Waals surface area contributed by atoms with Crippen LogP contribution < -0.4 is 16.2 Å². The third kappa shape index (κ3) is 4.61. The number of hydrogen-bond acceptors (Lipinski definition) is 5. The number of benzene rings is 1. The lowest BCUT2D eigenvalue weighted by Crippen LogP contribution is -2.36. The second-order valence-electron chi connectivity index (χ2n) is 6.29. The normalized spacial score (nSPS) is 11.6. The second-order valence-corrected chi connectivity index (χ2v) is 6.29. The number of rotatable bonds is 6. The molecule has 0 spiro atoms. The van der Waals surface area contributed by atoms with E-state index in [4.69, 9.17) is 0 Å². The van der Waals surface area contributed by atoms with E-state index in [-0.39, 0.29) is 12.1 Å². The number of carboxylic acid groups (broad SMARTS) is 1. The van der Waals surface area contributed by atoms with Crippen LogP contribution >= 0.6 is 0 Å². The van der Waals surface area contributed by atoms with Gasteiger partial charge in [0.1, 0.15) is 5.75 Å². The molecule has 0 saturated heterocycles. The fourth-order valence-corrected chi connectivity index (χ4v) is 2.78. The van der Waals surface area contributed by atoms with Crippen molar-refractivity contribution in [3.63, 3.8) is 0 Å². The monoisotopic (exact) mass is 397 g/mol. The Kier molecular flexibility index (Phi) is 5.63. The number of aromatic hydroxyl groups is 1. The molecule has 0 unspecified atom stereocenters. The first-order valence-corrected chi connectivity index (χ1v) is 8.63. The number of amides is 2. The van der Waals surface area contributed by atoms with E-state index in [0.717, 1.165) is 0 Å². The van der Waals surface area contributed by atoms with E-state index in [0.29, 0.717) is 11.3 Å². The van der Waals surface area contributed by atoms with E-state index in [9.17, 15) is 24.6 Å². The second kappa shape index (κ2) is 8.30. The van der Waals surface area contributed by atoms with Crippen molar-refractivity contribution in [3.8, 4) is 11.4 Å². The van der Waals surface area contributed by atoms with Gasteiger partial charge < -0.3 is 25.4 Å². The molecule has 0 saturated carbocycles. The van der Waals surface area contributed by atoms with E-state index in [1.807, 2.05) is 0 Å². The van der Waals surface area contributed by atoms with Crippen LogP contribution in [0.3, 0.4) is 0 Å². The molecule has 150 valence electrons. The third-order valence-electron chi connectivity index (χ3n) is 4.21. The lowest BCUT2D eigenvalue weighted by Gasteiger charge is -2.19. The van der Waals surface area contributed by atoms with Crippen molar-refractivity contribution >= 4 is 17.7 Å². The number of pyridine rings is 1. The summed E-state index contributed by atoms with van der Waals surface area (Å²) in [6.07, 6.45) is 4.32. The lowest BCUT2D eigenvalue weighted by atomic mass is 10.0. The molecule has 2 heterocycles. The van der Waals surface area contributed by atoms with Crippen molar-refractivity contribution in [2.24, 2.45) is 7.05 Å². The maximum atomic E-state index is 12.4. The number of carboxylic acids is 1. The summed E-state index contributed by atoms with van der Waals surface area (Å²) in [4.78, 5) is 35.8. The van der Waals surface area contributed by atoms with Gasteiger partial charge in [0.05, 0.1) is 18.2 Å². The zero-order chi connectivity index (χ0) is 21.0. The van der Waals surface area contributed by atoms with E-state index in [1.165, 1.54) is 23.9 Å². The molecule has 2 amide bonds. The van der Waals surface area contributed by atoms with Crippen LogP contribution in [-0.4, -0.2) is 36.6 Å². The number of nitrogens with zero attached hydrogens (tertiary/aromatic N) is 3. The highest BCUT2D eigenvalue weighted by Crippen LogP contribution is 2.21. The Morgan fingerprint density at radius 1 is 1.21 bits per heavy atom. The summed E-state index contributed by atoms with van der Waals surface area (Å²) >= 11 is 0. The number of anilines is 1. The molecule has 0 radical (unpaired) electrons. The van der Waals surface area contributed by atoms with Crippen LogP contribution in [0.1, 0.15) is 18.0 Å². The minimum absolute atomic E-state index is 0.299. The van der Waals surface area contributed by atoms with Gasteiger partial charge in [0.25, 0.3) is 5.56 Å². The molecule has 0 fully saturated rings. The molecule has 10 heteroatoms. The number of hydrogen-bond donors (Lipinski definition) is 4. The Hall–Kier alpha value is -4.08. The smallest absolute Gasteiger partial charge is 0.319 e. The Labute approximate surface area is 165 Å². The molecule has 2 aromatic heterocycles.